The van der Waals surface area contributed by atoms with Gasteiger partial charge in [0.25, 0.3) is 0 Å². The summed E-state index contributed by atoms with van der Waals surface area (Å²) in [5, 5.41) is 12.4. The smallest absolute Gasteiger partial charge is 0.308 e. The first-order chi connectivity index (χ1) is 9.15. The van der Waals surface area contributed by atoms with Crippen LogP contribution in [0.3, 0.4) is 0 Å². The molecule has 0 aromatic rings. The molecule has 0 heterocycles. The predicted molar refractivity (Wildman–Crippen MR) is 70.5 cm³/mol. The minimum absolute atomic E-state index is 0.0794. The summed E-state index contributed by atoms with van der Waals surface area (Å²) in [5.41, 5.74) is 0. The molecule has 1 amide bonds. The van der Waals surface area contributed by atoms with Gasteiger partial charge in [-0.25, -0.2) is 0 Å². The highest BCUT2D eigenvalue weighted by atomic mass is 16.4. The number of carboxylic acids is 1. The standard InChI is InChI=1S/C15H23NO3/c17-12(7-9-3-1-2-4-9)16-14-11-6-5-10(8-11)13(14)15(18)19/h9-11,13-14H,1-8H2,(H,16,17)(H,18,19). The van der Waals surface area contributed by atoms with Crippen LogP contribution in [0.15, 0.2) is 0 Å². The Kier molecular flexibility index (Phi) is 3.50. The highest BCUT2D eigenvalue weighted by Gasteiger charge is 2.51. The molecule has 4 nitrogen and oxygen atoms in total. The number of carboxylic acid groups (broad SMARTS) is 1. The highest BCUT2D eigenvalue weighted by molar-refractivity contribution is 5.79. The third kappa shape index (κ3) is 2.49. The van der Waals surface area contributed by atoms with E-state index in [4.69, 9.17) is 0 Å². The first-order valence-corrected chi connectivity index (χ1v) is 7.67. The van der Waals surface area contributed by atoms with Crippen molar-refractivity contribution in [2.45, 2.75) is 57.4 Å². The van der Waals surface area contributed by atoms with E-state index in [0.29, 0.717) is 24.2 Å². The zero-order chi connectivity index (χ0) is 13.4. The average molecular weight is 265 g/mol. The van der Waals surface area contributed by atoms with E-state index in [1.54, 1.807) is 0 Å². The third-order valence-electron chi connectivity index (χ3n) is 5.48. The number of hydrogen-bond acceptors (Lipinski definition) is 2. The maximum Gasteiger partial charge on any atom is 0.308 e. The van der Waals surface area contributed by atoms with Crippen LogP contribution in [0, 0.1) is 23.7 Å². The Morgan fingerprint density at radius 1 is 1.05 bits per heavy atom. The predicted octanol–water partition coefficient (Wildman–Crippen LogP) is 2.18. The largest absolute Gasteiger partial charge is 0.481 e. The van der Waals surface area contributed by atoms with Crippen LogP contribution >= 0.6 is 0 Å². The lowest BCUT2D eigenvalue weighted by atomic mass is 9.84. The van der Waals surface area contributed by atoms with Crippen molar-refractivity contribution in [1.82, 2.24) is 5.32 Å². The van der Waals surface area contributed by atoms with Crippen molar-refractivity contribution in [3.63, 3.8) is 0 Å². The Balaban J connectivity index is 1.58. The number of rotatable bonds is 4. The van der Waals surface area contributed by atoms with E-state index in [0.717, 1.165) is 32.1 Å². The fraction of sp³-hybridized carbons (Fsp3) is 0.867. The summed E-state index contributed by atoms with van der Waals surface area (Å²) in [4.78, 5) is 23.5. The van der Waals surface area contributed by atoms with Gasteiger partial charge in [0.2, 0.25) is 5.91 Å². The summed E-state index contributed by atoms with van der Waals surface area (Å²) in [7, 11) is 0. The molecule has 106 valence electrons. The summed E-state index contributed by atoms with van der Waals surface area (Å²) < 4.78 is 0. The SMILES string of the molecule is O=C(CC1CCCC1)NC1C2CCC(C2)C1C(=O)O. The fourth-order valence-electron chi connectivity index (χ4n) is 4.58. The van der Waals surface area contributed by atoms with Crippen LogP contribution in [0.2, 0.25) is 0 Å². The van der Waals surface area contributed by atoms with Crippen molar-refractivity contribution >= 4 is 11.9 Å². The molecule has 3 aliphatic rings. The second-order valence-electron chi connectivity index (χ2n) is 6.65. The summed E-state index contributed by atoms with van der Waals surface area (Å²) in [6, 6.07) is -0.106. The maximum atomic E-state index is 12.1. The van der Waals surface area contributed by atoms with Crippen LogP contribution in [0.4, 0.5) is 0 Å². The number of carbonyl (C=O) groups excluding carboxylic acids is 1. The summed E-state index contributed by atoms with van der Waals surface area (Å²) >= 11 is 0. The molecule has 4 heteroatoms. The molecule has 3 saturated carbocycles. The van der Waals surface area contributed by atoms with Crippen LogP contribution < -0.4 is 5.32 Å². The molecule has 2 N–H and O–H groups in total. The molecule has 3 aliphatic carbocycles. The van der Waals surface area contributed by atoms with Crippen molar-refractivity contribution in [2.24, 2.45) is 23.7 Å². The second-order valence-corrected chi connectivity index (χ2v) is 6.65. The molecule has 0 aromatic heterocycles. The van der Waals surface area contributed by atoms with Gasteiger partial charge in [-0.1, -0.05) is 12.8 Å². The van der Waals surface area contributed by atoms with Gasteiger partial charge in [-0.05, 0) is 49.9 Å². The minimum atomic E-state index is -0.724. The quantitative estimate of drug-likeness (QED) is 0.818. The van der Waals surface area contributed by atoms with E-state index in [2.05, 4.69) is 5.32 Å². The molecule has 2 bridgehead atoms. The zero-order valence-electron chi connectivity index (χ0n) is 11.3. The Labute approximate surface area is 113 Å². The molecule has 4 atom stereocenters. The molecular formula is C15H23NO3. The van der Waals surface area contributed by atoms with E-state index < -0.39 is 5.97 Å². The molecule has 4 unspecified atom stereocenters. The van der Waals surface area contributed by atoms with Crippen molar-refractivity contribution in [2.75, 3.05) is 0 Å². The van der Waals surface area contributed by atoms with E-state index in [1.165, 1.54) is 12.8 Å². The first-order valence-electron chi connectivity index (χ1n) is 7.67. The molecule has 0 radical (unpaired) electrons. The number of aliphatic carboxylic acids is 1. The third-order valence-corrected chi connectivity index (χ3v) is 5.48. The Bertz CT molecular complexity index is 376. The molecule has 3 fully saturated rings. The maximum absolute atomic E-state index is 12.1. The molecule has 3 rings (SSSR count). The van der Waals surface area contributed by atoms with Gasteiger partial charge >= 0.3 is 5.97 Å². The summed E-state index contributed by atoms with van der Waals surface area (Å²) in [6.45, 7) is 0. The van der Waals surface area contributed by atoms with E-state index >= 15 is 0 Å². The lowest BCUT2D eigenvalue weighted by Gasteiger charge is -2.29. The van der Waals surface area contributed by atoms with Crippen LogP contribution in [0.1, 0.15) is 51.4 Å². The molecule has 0 aromatic carbocycles. The van der Waals surface area contributed by atoms with E-state index in [-0.39, 0.29) is 17.9 Å². The van der Waals surface area contributed by atoms with Gasteiger partial charge in [-0.2, -0.15) is 0 Å². The van der Waals surface area contributed by atoms with Crippen molar-refractivity contribution in [1.29, 1.82) is 0 Å². The lowest BCUT2D eigenvalue weighted by molar-refractivity contribution is -0.144. The molecular weight excluding hydrogens is 242 g/mol. The van der Waals surface area contributed by atoms with Crippen LogP contribution in [0.5, 0.6) is 0 Å². The zero-order valence-corrected chi connectivity index (χ0v) is 11.3. The Morgan fingerprint density at radius 2 is 1.74 bits per heavy atom. The van der Waals surface area contributed by atoms with E-state index in [9.17, 15) is 14.7 Å². The van der Waals surface area contributed by atoms with Gasteiger partial charge in [0, 0.05) is 12.5 Å². The highest BCUT2D eigenvalue weighted by Crippen LogP contribution is 2.48. The van der Waals surface area contributed by atoms with Crippen LogP contribution in [-0.2, 0) is 9.59 Å². The normalized spacial score (nSPS) is 37.7. The molecule has 0 saturated heterocycles. The van der Waals surface area contributed by atoms with Crippen molar-refractivity contribution < 1.29 is 14.7 Å². The van der Waals surface area contributed by atoms with Gasteiger partial charge in [0.05, 0.1) is 5.92 Å². The fourth-order valence-corrected chi connectivity index (χ4v) is 4.58. The molecule has 0 spiro atoms. The van der Waals surface area contributed by atoms with Crippen LogP contribution in [-0.4, -0.2) is 23.0 Å². The van der Waals surface area contributed by atoms with Gasteiger partial charge < -0.3 is 10.4 Å². The second kappa shape index (κ2) is 5.14. The number of hydrogen-bond donors (Lipinski definition) is 2. The van der Waals surface area contributed by atoms with Gasteiger partial charge in [0.1, 0.15) is 0 Å². The topological polar surface area (TPSA) is 66.4 Å². The number of fused-ring (bicyclic) bond motifs is 2. The monoisotopic (exact) mass is 265 g/mol. The summed E-state index contributed by atoms with van der Waals surface area (Å²) in [6.07, 6.45) is 8.50. The Hall–Kier alpha value is -1.06. The van der Waals surface area contributed by atoms with Gasteiger partial charge in [-0.3, -0.25) is 9.59 Å². The summed E-state index contributed by atoms with van der Waals surface area (Å²) in [5.74, 6) is 0.236. The Morgan fingerprint density at radius 3 is 2.42 bits per heavy atom. The van der Waals surface area contributed by atoms with Gasteiger partial charge in [-0.15, -0.1) is 0 Å². The van der Waals surface area contributed by atoms with Gasteiger partial charge in [0.15, 0.2) is 0 Å². The van der Waals surface area contributed by atoms with Crippen molar-refractivity contribution in [3.8, 4) is 0 Å². The van der Waals surface area contributed by atoms with Crippen molar-refractivity contribution in [3.05, 3.63) is 0 Å². The molecule has 0 aliphatic heterocycles. The minimum Gasteiger partial charge on any atom is -0.481 e. The molecule has 19 heavy (non-hydrogen) atoms. The first kappa shape index (κ1) is 12.9. The average Bonchev–Trinajstić information content (AvgIpc) is 3.03. The lowest BCUT2D eigenvalue weighted by Crippen LogP contribution is -2.47. The number of nitrogens with one attached hydrogen (secondary N) is 1. The van der Waals surface area contributed by atoms with E-state index in [1.807, 2.05) is 0 Å². The number of amides is 1. The number of carbonyl (C=O) groups is 2. The van der Waals surface area contributed by atoms with Crippen LogP contribution in [0.25, 0.3) is 0 Å².